The summed E-state index contributed by atoms with van der Waals surface area (Å²) < 4.78 is 33.7. The van der Waals surface area contributed by atoms with Gasteiger partial charge in [0, 0.05) is 6.42 Å². The van der Waals surface area contributed by atoms with E-state index >= 15 is 0 Å². The van der Waals surface area contributed by atoms with Gasteiger partial charge in [-0.1, -0.05) is 147 Å². The molecule has 0 aliphatic carbocycles. The molecule has 19 heteroatoms. The fourth-order valence-electron chi connectivity index (χ4n) is 8.88. The van der Waals surface area contributed by atoms with Crippen LogP contribution in [-0.4, -0.2) is 193 Å². The summed E-state index contributed by atoms with van der Waals surface area (Å²) in [6.45, 7) is 1.11. The van der Waals surface area contributed by atoms with E-state index in [1.54, 1.807) is 19.1 Å². The SMILES string of the molecule is CCCCCCCCCCCCCCCCCCCC/C=C/CC/C=C/C(O)C(COC1OC(CO)C(OC2OC(CO)C(OC3OC(CO)C(O)C(O)C3O)C(O)C2O)C(O)C1O)NC(=O)CC. The second-order valence-corrected chi connectivity index (χ2v) is 18.9. The van der Waals surface area contributed by atoms with E-state index in [1.807, 2.05) is 0 Å². The largest absolute Gasteiger partial charge is 0.394 e. The lowest BCUT2D eigenvalue weighted by Crippen LogP contribution is -2.66. The molecule has 3 aliphatic rings. The molecule has 0 aromatic heterocycles. The molecular weight excluding hydrogens is 903 g/mol. The summed E-state index contributed by atoms with van der Waals surface area (Å²) >= 11 is 0. The van der Waals surface area contributed by atoms with E-state index in [0.29, 0.717) is 6.42 Å². The van der Waals surface area contributed by atoms with Crippen molar-refractivity contribution < 1.29 is 89.4 Å². The third-order valence-electron chi connectivity index (χ3n) is 13.3. The van der Waals surface area contributed by atoms with Gasteiger partial charge >= 0.3 is 0 Å². The van der Waals surface area contributed by atoms with E-state index < -0.39 is 124 Å². The molecule has 69 heavy (non-hydrogen) atoms. The molecule has 0 radical (unpaired) electrons. The zero-order valence-corrected chi connectivity index (χ0v) is 41.3. The van der Waals surface area contributed by atoms with Crippen LogP contribution in [0.3, 0.4) is 0 Å². The second-order valence-electron chi connectivity index (χ2n) is 18.9. The number of nitrogens with one attached hydrogen (secondary N) is 1. The molecule has 1 amide bonds. The highest BCUT2D eigenvalue weighted by Crippen LogP contribution is 2.33. The number of unbranched alkanes of at least 4 members (excludes halogenated alkanes) is 19. The highest BCUT2D eigenvalue weighted by molar-refractivity contribution is 5.75. The van der Waals surface area contributed by atoms with Gasteiger partial charge in [-0.25, -0.2) is 0 Å². The van der Waals surface area contributed by atoms with Gasteiger partial charge in [0.05, 0.1) is 38.6 Å². The predicted molar refractivity (Wildman–Crippen MR) is 254 cm³/mol. The molecule has 3 aliphatic heterocycles. The number of hydrogen-bond donors (Lipinski definition) is 12. The smallest absolute Gasteiger partial charge is 0.220 e. The number of carbonyl (C=O) groups is 1. The zero-order valence-electron chi connectivity index (χ0n) is 41.3. The zero-order chi connectivity index (χ0) is 50.6. The Morgan fingerprint density at radius 3 is 1.39 bits per heavy atom. The first-order valence-corrected chi connectivity index (χ1v) is 26.1. The minimum absolute atomic E-state index is 0.117. The lowest BCUT2D eigenvalue weighted by molar-refractivity contribution is -0.379. The van der Waals surface area contributed by atoms with Crippen molar-refractivity contribution >= 4 is 5.91 Å². The topological polar surface area (TPSA) is 307 Å². The first-order chi connectivity index (χ1) is 33.3. The van der Waals surface area contributed by atoms with Gasteiger partial charge in [-0.05, 0) is 25.7 Å². The molecule has 0 saturated carbocycles. The monoisotopic (exact) mass is 994 g/mol. The quantitative estimate of drug-likeness (QED) is 0.0316. The highest BCUT2D eigenvalue weighted by Gasteiger charge is 2.53. The normalized spacial score (nSPS) is 33.0. The Labute approximate surface area is 409 Å². The molecule has 19 nitrogen and oxygen atoms in total. The summed E-state index contributed by atoms with van der Waals surface area (Å²) in [7, 11) is 0. The summed E-state index contributed by atoms with van der Waals surface area (Å²) in [6, 6.07) is -0.982. The van der Waals surface area contributed by atoms with Gasteiger partial charge in [0.1, 0.15) is 73.2 Å². The Hall–Kier alpha value is -1.73. The molecule has 17 unspecified atom stereocenters. The first kappa shape index (κ1) is 61.6. The van der Waals surface area contributed by atoms with Gasteiger partial charge in [0.25, 0.3) is 0 Å². The third-order valence-corrected chi connectivity index (χ3v) is 13.3. The number of hydrogen-bond acceptors (Lipinski definition) is 18. The molecular formula is C50H91NO18. The molecule has 3 saturated heterocycles. The van der Waals surface area contributed by atoms with E-state index in [4.69, 9.17) is 28.4 Å². The fourth-order valence-corrected chi connectivity index (χ4v) is 8.88. The van der Waals surface area contributed by atoms with E-state index in [9.17, 15) is 61.0 Å². The number of allylic oxidation sites excluding steroid dienone is 3. The molecule has 404 valence electrons. The van der Waals surface area contributed by atoms with Crippen molar-refractivity contribution in [1.82, 2.24) is 5.32 Å². The van der Waals surface area contributed by atoms with E-state index in [0.717, 1.165) is 19.3 Å². The standard InChI is InChI=1S/C50H91NO18/c1-3-5-6-7-8-9-10-11-12-13-14-15-16-17-18-19-20-21-22-23-24-25-26-27-28-34(55)33(51-38(56)4-2)32-64-48-44(62)41(59)46(36(30-53)66-48)69-50-45(63)42(60)47(37(31-54)67-50)68-49-43(61)40(58)39(57)35(29-52)65-49/h23-24,27-28,33-37,39-50,52-55,57-63H,3-22,25-26,29-32H2,1-2H3,(H,51,56)/b24-23+,28-27+. The Morgan fingerprint density at radius 1 is 0.507 bits per heavy atom. The van der Waals surface area contributed by atoms with Gasteiger partial charge in [0.2, 0.25) is 5.91 Å². The second kappa shape index (κ2) is 35.4. The maximum Gasteiger partial charge on any atom is 0.220 e. The van der Waals surface area contributed by atoms with Crippen molar-refractivity contribution in [2.45, 2.75) is 259 Å². The Kier molecular flexibility index (Phi) is 31.6. The minimum atomic E-state index is -1.97. The van der Waals surface area contributed by atoms with Crippen LogP contribution in [0.15, 0.2) is 24.3 Å². The molecule has 3 fully saturated rings. The van der Waals surface area contributed by atoms with Crippen molar-refractivity contribution in [3.05, 3.63) is 24.3 Å². The van der Waals surface area contributed by atoms with Crippen molar-refractivity contribution in [3.63, 3.8) is 0 Å². The molecule has 12 N–H and O–H groups in total. The van der Waals surface area contributed by atoms with Crippen LogP contribution >= 0.6 is 0 Å². The van der Waals surface area contributed by atoms with Crippen molar-refractivity contribution in [2.24, 2.45) is 0 Å². The van der Waals surface area contributed by atoms with Gasteiger partial charge < -0.3 is 89.9 Å². The average molecular weight is 994 g/mol. The third kappa shape index (κ3) is 21.3. The van der Waals surface area contributed by atoms with Crippen LogP contribution in [0, 0.1) is 0 Å². The van der Waals surface area contributed by atoms with Crippen LogP contribution in [0.2, 0.25) is 0 Å². The molecule has 0 bridgehead atoms. The summed E-state index contributed by atoms with van der Waals surface area (Å²) in [4.78, 5) is 12.4. The Morgan fingerprint density at radius 2 is 0.913 bits per heavy atom. The number of ether oxygens (including phenoxy) is 6. The van der Waals surface area contributed by atoms with Gasteiger partial charge in [-0.3, -0.25) is 4.79 Å². The van der Waals surface area contributed by atoms with Crippen LogP contribution in [0.5, 0.6) is 0 Å². The van der Waals surface area contributed by atoms with Gasteiger partial charge in [-0.2, -0.15) is 0 Å². The molecule has 3 rings (SSSR count). The van der Waals surface area contributed by atoms with Crippen molar-refractivity contribution in [2.75, 3.05) is 26.4 Å². The number of amides is 1. The van der Waals surface area contributed by atoms with E-state index in [2.05, 4.69) is 24.4 Å². The van der Waals surface area contributed by atoms with Crippen LogP contribution in [0.1, 0.15) is 155 Å². The fraction of sp³-hybridized carbons (Fsp3) is 0.900. The van der Waals surface area contributed by atoms with Crippen molar-refractivity contribution in [3.8, 4) is 0 Å². The minimum Gasteiger partial charge on any atom is -0.394 e. The van der Waals surface area contributed by atoms with E-state index in [-0.39, 0.29) is 18.9 Å². The number of carbonyl (C=O) groups excluding carboxylic acids is 1. The predicted octanol–water partition coefficient (Wildman–Crippen LogP) is 2.03. The number of rotatable bonds is 36. The van der Waals surface area contributed by atoms with Gasteiger partial charge in [0.15, 0.2) is 18.9 Å². The van der Waals surface area contributed by atoms with E-state index in [1.165, 1.54) is 109 Å². The summed E-state index contributed by atoms with van der Waals surface area (Å²) in [5.74, 6) is -0.374. The summed E-state index contributed by atoms with van der Waals surface area (Å²) in [5, 5.41) is 118. The summed E-state index contributed by atoms with van der Waals surface area (Å²) in [5.41, 5.74) is 0. The van der Waals surface area contributed by atoms with Crippen LogP contribution in [-0.2, 0) is 33.2 Å². The molecule has 0 aromatic carbocycles. The summed E-state index contributed by atoms with van der Waals surface area (Å²) in [6.07, 6.45) is 7.69. The average Bonchev–Trinajstić information content (AvgIpc) is 3.35. The van der Waals surface area contributed by atoms with Crippen LogP contribution in [0.25, 0.3) is 0 Å². The number of aliphatic hydroxyl groups is 11. The highest BCUT2D eigenvalue weighted by atomic mass is 16.8. The first-order valence-electron chi connectivity index (χ1n) is 26.1. The maximum atomic E-state index is 12.4. The Bertz CT molecular complexity index is 1380. The molecule has 17 atom stereocenters. The van der Waals surface area contributed by atoms with Crippen molar-refractivity contribution in [1.29, 1.82) is 0 Å². The lowest BCUT2D eigenvalue weighted by atomic mass is 9.96. The molecule has 3 heterocycles. The Balaban J connectivity index is 1.37. The van der Waals surface area contributed by atoms with Crippen LogP contribution < -0.4 is 5.32 Å². The number of aliphatic hydroxyl groups excluding tert-OH is 11. The van der Waals surface area contributed by atoms with Gasteiger partial charge in [-0.15, -0.1) is 0 Å². The van der Waals surface area contributed by atoms with Crippen LogP contribution in [0.4, 0.5) is 0 Å². The molecule has 0 aromatic rings. The maximum absolute atomic E-state index is 12.4. The molecule has 0 spiro atoms. The lowest BCUT2D eigenvalue weighted by Gasteiger charge is -2.48.